The fraction of sp³-hybridized carbons (Fsp3) is 0.412. The maximum absolute atomic E-state index is 10.3. The zero-order chi connectivity index (χ0) is 15.6. The highest BCUT2D eigenvalue weighted by Gasteiger charge is 2.32. The highest BCUT2D eigenvalue weighted by Crippen LogP contribution is 2.27. The molecule has 3 aromatic rings. The predicted octanol–water partition coefficient (Wildman–Crippen LogP) is 1.46. The molecule has 23 heavy (non-hydrogen) atoms. The molecular weight excluding hydrogens is 290 g/mol. The topological polar surface area (TPSA) is 67.4 Å². The number of pyridine rings is 1. The van der Waals surface area contributed by atoms with Crippen molar-refractivity contribution in [2.75, 3.05) is 0 Å². The van der Waals surface area contributed by atoms with Crippen molar-refractivity contribution in [3.05, 3.63) is 54.9 Å². The lowest BCUT2D eigenvalue weighted by atomic mass is 10.1. The monoisotopic (exact) mass is 311 g/mol. The van der Waals surface area contributed by atoms with E-state index >= 15 is 0 Å². The summed E-state index contributed by atoms with van der Waals surface area (Å²) in [6, 6.07) is 8.24. The molecule has 2 N–H and O–H groups in total. The Bertz CT molecular complexity index is 733. The number of nitrogens with one attached hydrogen (secondary N) is 1. The van der Waals surface area contributed by atoms with Crippen molar-refractivity contribution in [1.82, 2.24) is 24.5 Å². The highest BCUT2D eigenvalue weighted by molar-refractivity contribution is 5.46. The van der Waals surface area contributed by atoms with Crippen LogP contribution < -0.4 is 5.32 Å². The minimum Gasteiger partial charge on any atom is -0.391 e. The average Bonchev–Trinajstić information content (AvgIpc) is 3.25. The first-order valence-corrected chi connectivity index (χ1v) is 8.08. The van der Waals surface area contributed by atoms with Crippen LogP contribution in [0.4, 0.5) is 0 Å². The molecule has 0 saturated heterocycles. The molecule has 1 aliphatic carbocycles. The van der Waals surface area contributed by atoms with Gasteiger partial charge in [-0.3, -0.25) is 0 Å². The van der Waals surface area contributed by atoms with Gasteiger partial charge in [-0.1, -0.05) is 6.07 Å². The van der Waals surface area contributed by atoms with E-state index < -0.39 is 0 Å². The van der Waals surface area contributed by atoms with E-state index in [2.05, 4.69) is 26.0 Å². The van der Waals surface area contributed by atoms with E-state index in [1.165, 1.54) is 0 Å². The van der Waals surface area contributed by atoms with E-state index in [0.717, 1.165) is 30.6 Å². The maximum Gasteiger partial charge on any atom is 0.0945 e. The van der Waals surface area contributed by atoms with Crippen LogP contribution in [0.3, 0.4) is 0 Å². The molecule has 6 nitrogen and oxygen atoms in total. The molecule has 1 aliphatic rings. The summed E-state index contributed by atoms with van der Waals surface area (Å²) in [7, 11) is 0. The molecule has 120 valence electrons. The number of imidazole rings is 1. The summed E-state index contributed by atoms with van der Waals surface area (Å²) >= 11 is 0. The number of rotatable bonds is 5. The largest absolute Gasteiger partial charge is 0.391 e. The number of aliphatic hydroxyl groups is 1. The quantitative estimate of drug-likeness (QED) is 0.748. The van der Waals surface area contributed by atoms with E-state index in [-0.39, 0.29) is 12.1 Å². The van der Waals surface area contributed by atoms with Crippen molar-refractivity contribution in [2.45, 2.75) is 38.1 Å². The molecule has 3 atom stereocenters. The first-order chi connectivity index (χ1) is 11.3. The van der Waals surface area contributed by atoms with Gasteiger partial charge in [0, 0.05) is 37.7 Å². The molecule has 1 saturated carbocycles. The Balaban J connectivity index is 1.35. The Kier molecular flexibility index (Phi) is 3.85. The van der Waals surface area contributed by atoms with Gasteiger partial charge in [0.1, 0.15) is 0 Å². The molecule has 1 fully saturated rings. The molecule has 1 unspecified atom stereocenters. The minimum absolute atomic E-state index is 0.133. The molecule has 0 radical (unpaired) electrons. The standard InChI is InChI=1S/C17H21N5O/c23-17-8-13(11-21-6-4-18-12-21)7-16(17)19-10-14-9-15-3-1-2-5-22(15)20-14/h1-6,9,12-13,16-17,19,23H,7-8,10-11H2/t13?,16-,17-/m1/s1. The summed E-state index contributed by atoms with van der Waals surface area (Å²) < 4.78 is 3.96. The Hall–Kier alpha value is -2.18. The lowest BCUT2D eigenvalue weighted by Crippen LogP contribution is -2.35. The van der Waals surface area contributed by atoms with Gasteiger partial charge in [-0.2, -0.15) is 5.10 Å². The second-order valence-corrected chi connectivity index (χ2v) is 6.36. The van der Waals surface area contributed by atoms with Crippen molar-refractivity contribution in [1.29, 1.82) is 0 Å². The van der Waals surface area contributed by atoms with Crippen molar-refractivity contribution >= 4 is 5.52 Å². The zero-order valence-electron chi connectivity index (χ0n) is 12.9. The van der Waals surface area contributed by atoms with Crippen LogP contribution in [0.5, 0.6) is 0 Å². The third kappa shape index (κ3) is 3.13. The summed E-state index contributed by atoms with van der Waals surface area (Å²) in [6.45, 7) is 1.60. The lowest BCUT2D eigenvalue weighted by Gasteiger charge is -2.15. The molecule has 3 aromatic heterocycles. The van der Waals surface area contributed by atoms with Gasteiger partial charge in [0.2, 0.25) is 0 Å². The molecule has 0 aromatic carbocycles. The van der Waals surface area contributed by atoms with Crippen molar-refractivity contribution < 1.29 is 5.11 Å². The minimum atomic E-state index is -0.291. The number of aromatic nitrogens is 4. The van der Waals surface area contributed by atoms with E-state index in [0.29, 0.717) is 12.5 Å². The highest BCUT2D eigenvalue weighted by atomic mass is 16.3. The van der Waals surface area contributed by atoms with E-state index in [4.69, 9.17) is 0 Å². The van der Waals surface area contributed by atoms with Gasteiger partial charge in [-0.05, 0) is 37.0 Å². The Morgan fingerprint density at radius 3 is 3.04 bits per heavy atom. The molecule has 0 aliphatic heterocycles. The molecule has 0 spiro atoms. The van der Waals surface area contributed by atoms with Crippen LogP contribution in [0.25, 0.3) is 5.52 Å². The SMILES string of the molecule is O[C@@H]1CC(Cn2ccnc2)C[C@H]1NCc1cc2ccccn2n1. The van der Waals surface area contributed by atoms with Crippen molar-refractivity contribution in [2.24, 2.45) is 5.92 Å². The molecule has 3 heterocycles. The first-order valence-electron chi connectivity index (χ1n) is 8.08. The Morgan fingerprint density at radius 1 is 1.26 bits per heavy atom. The molecule has 4 rings (SSSR count). The lowest BCUT2D eigenvalue weighted by molar-refractivity contribution is 0.145. The van der Waals surface area contributed by atoms with Gasteiger partial charge in [-0.15, -0.1) is 0 Å². The van der Waals surface area contributed by atoms with Gasteiger partial charge < -0.3 is 15.0 Å². The van der Waals surface area contributed by atoms with Gasteiger partial charge in [0.05, 0.1) is 23.6 Å². The van der Waals surface area contributed by atoms with E-state index in [1.54, 1.807) is 6.20 Å². The molecule has 0 bridgehead atoms. The first kappa shape index (κ1) is 14.4. The van der Waals surface area contributed by atoms with Crippen molar-refractivity contribution in [3.63, 3.8) is 0 Å². The molecule has 6 heteroatoms. The van der Waals surface area contributed by atoms with Crippen LogP contribution in [-0.4, -0.2) is 36.4 Å². The average molecular weight is 311 g/mol. The summed E-state index contributed by atoms with van der Waals surface area (Å²) in [5.41, 5.74) is 2.09. The van der Waals surface area contributed by atoms with E-state index in [1.807, 2.05) is 41.4 Å². The zero-order valence-corrected chi connectivity index (χ0v) is 12.9. The van der Waals surface area contributed by atoms with Crippen LogP contribution in [0.1, 0.15) is 18.5 Å². The number of hydrogen-bond donors (Lipinski definition) is 2. The smallest absolute Gasteiger partial charge is 0.0945 e. The third-order valence-electron chi connectivity index (χ3n) is 4.62. The maximum atomic E-state index is 10.3. The van der Waals surface area contributed by atoms with E-state index in [9.17, 15) is 5.11 Å². The summed E-state index contributed by atoms with van der Waals surface area (Å²) in [5, 5.41) is 18.3. The van der Waals surface area contributed by atoms with Gasteiger partial charge >= 0.3 is 0 Å². The van der Waals surface area contributed by atoms with Crippen LogP contribution in [-0.2, 0) is 13.1 Å². The van der Waals surface area contributed by atoms with Crippen LogP contribution in [0.2, 0.25) is 0 Å². The second-order valence-electron chi connectivity index (χ2n) is 6.36. The number of nitrogens with zero attached hydrogens (tertiary/aromatic N) is 4. The second kappa shape index (κ2) is 6.14. The summed E-state index contributed by atoms with van der Waals surface area (Å²) in [4.78, 5) is 4.07. The van der Waals surface area contributed by atoms with Gasteiger partial charge in [0.15, 0.2) is 0 Å². The Labute approximate surface area is 134 Å². The fourth-order valence-corrected chi connectivity index (χ4v) is 3.49. The Morgan fingerprint density at radius 2 is 2.22 bits per heavy atom. The molecule has 0 amide bonds. The van der Waals surface area contributed by atoms with Gasteiger partial charge in [0.25, 0.3) is 0 Å². The number of fused-ring (bicyclic) bond motifs is 1. The fourth-order valence-electron chi connectivity index (χ4n) is 3.49. The van der Waals surface area contributed by atoms with Gasteiger partial charge in [-0.25, -0.2) is 9.50 Å². The third-order valence-corrected chi connectivity index (χ3v) is 4.62. The number of aliphatic hydroxyl groups excluding tert-OH is 1. The normalized spacial score (nSPS) is 24.5. The summed E-state index contributed by atoms with van der Waals surface area (Å²) in [5.74, 6) is 0.484. The molecular formula is C17H21N5O. The summed E-state index contributed by atoms with van der Waals surface area (Å²) in [6.07, 6.45) is 9.08. The van der Waals surface area contributed by atoms with Crippen LogP contribution in [0.15, 0.2) is 49.2 Å². The van der Waals surface area contributed by atoms with Crippen molar-refractivity contribution in [3.8, 4) is 0 Å². The number of hydrogen-bond acceptors (Lipinski definition) is 4. The van der Waals surface area contributed by atoms with Crippen LogP contribution >= 0.6 is 0 Å². The predicted molar refractivity (Wildman–Crippen MR) is 86.8 cm³/mol. The van der Waals surface area contributed by atoms with Crippen LogP contribution in [0, 0.1) is 5.92 Å².